The smallest absolute Gasteiger partial charge is 0.0530 e. The van der Waals surface area contributed by atoms with Gasteiger partial charge in [-0.1, -0.05) is 19.1 Å². The highest BCUT2D eigenvalue weighted by Gasteiger charge is 2.04. The molecular formula is C16H23N3S. The predicted octanol–water partition coefficient (Wildman–Crippen LogP) is 3.87. The van der Waals surface area contributed by atoms with Crippen molar-refractivity contribution in [1.82, 2.24) is 15.1 Å². The third-order valence-corrected chi connectivity index (χ3v) is 4.39. The lowest BCUT2D eigenvalue weighted by molar-refractivity contribution is 0.598. The van der Waals surface area contributed by atoms with Crippen LogP contribution < -0.4 is 5.32 Å². The SMILES string of the molecule is CCNC(C)c1ccc(SCc2cnn(CC)c2)cc1. The van der Waals surface area contributed by atoms with Crippen LogP contribution in [0.1, 0.15) is 37.9 Å². The summed E-state index contributed by atoms with van der Waals surface area (Å²) >= 11 is 1.86. The van der Waals surface area contributed by atoms with Gasteiger partial charge in [-0.3, -0.25) is 4.68 Å². The molecule has 0 saturated carbocycles. The third-order valence-electron chi connectivity index (χ3n) is 3.31. The Morgan fingerprint density at radius 1 is 1.25 bits per heavy atom. The Morgan fingerprint density at radius 2 is 2.00 bits per heavy atom. The van der Waals surface area contributed by atoms with Crippen molar-refractivity contribution in [2.45, 2.75) is 44.0 Å². The van der Waals surface area contributed by atoms with Crippen molar-refractivity contribution in [3.8, 4) is 0 Å². The molecule has 0 aliphatic rings. The summed E-state index contributed by atoms with van der Waals surface area (Å²) in [6, 6.07) is 9.26. The summed E-state index contributed by atoms with van der Waals surface area (Å²) < 4.78 is 1.97. The van der Waals surface area contributed by atoms with E-state index in [-0.39, 0.29) is 0 Å². The van der Waals surface area contributed by atoms with E-state index in [4.69, 9.17) is 0 Å². The molecular weight excluding hydrogens is 266 g/mol. The van der Waals surface area contributed by atoms with E-state index in [9.17, 15) is 0 Å². The first-order chi connectivity index (χ1) is 9.72. The van der Waals surface area contributed by atoms with Gasteiger partial charge < -0.3 is 5.32 Å². The summed E-state index contributed by atoms with van der Waals surface area (Å²) in [6.07, 6.45) is 4.08. The molecule has 20 heavy (non-hydrogen) atoms. The monoisotopic (exact) mass is 289 g/mol. The number of nitrogens with one attached hydrogen (secondary N) is 1. The average molecular weight is 289 g/mol. The first-order valence-electron chi connectivity index (χ1n) is 7.20. The maximum Gasteiger partial charge on any atom is 0.0530 e. The lowest BCUT2D eigenvalue weighted by Crippen LogP contribution is -2.17. The topological polar surface area (TPSA) is 29.9 Å². The number of aromatic nitrogens is 2. The Morgan fingerprint density at radius 3 is 2.60 bits per heavy atom. The molecule has 1 atom stereocenters. The van der Waals surface area contributed by atoms with E-state index in [2.05, 4.69) is 61.6 Å². The van der Waals surface area contributed by atoms with Gasteiger partial charge in [-0.05, 0) is 38.1 Å². The van der Waals surface area contributed by atoms with Crippen molar-refractivity contribution in [2.75, 3.05) is 6.54 Å². The molecule has 0 aliphatic heterocycles. The standard InChI is InChI=1S/C16H23N3S/c1-4-17-13(3)15-6-8-16(9-7-15)20-12-14-10-18-19(5-2)11-14/h6-11,13,17H,4-5,12H2,1-3H3. The largest absolute Gasteiger partial charge is 0.310 e. The molecule has 0 radical (unpaired) electrons. The number of thioether (sulfide) groups is 1. The first kappa shape index (κ1) is 15.1. The van der Waals surface area contributed by atoms with Crippen LogP contribution in [0, 0.1) is 0 Å². The average Bonchev–Trinajstić information content (AvgIpc) is 2.94. The van der Waals surface area contributed by atoms with E-state index in [0.29, 0.717) is 6.04 Å². The van der Waals surface area contributed by atoms with Gasteiger partial charge in [-0.2, -0.15) is 5.10 Å². The first-order valence-corrected chi connectivity index (χ1v) is 8.19. The van der Waals surface area contributed by atoms with Gasteiger partial charge in [0.25, 0.3) is 0 Å². The quantitative estimate of drug-likeness (QED) is 0.785. The number of nitrogens with zero attached hydrogens (tertiary/aromatic N) is 2. The van der Waals surface area contributed by atoms with Crippen molar-refractivity contribution in [3.05, 3.63) is 47.8 Å². The summed E-state index contributed by atoms with van der Waals surface area (Å²) in [5.41, 5.74) is 2.62. The summed E-state index contributed by atoms with van der Waals surface area (Å²) in [5.74, 6) is 0.974. The van der Waals surface area contributed by atoms with Crippen molar-refractivity contribution in [1.29, 1.82) is 0 Å². The zero-order valence-electron chi connectivity index (χ0n) is 12.5. The van der Waals surface area contributed by atoms with Crippen LogP contribution >= 0.6 is 11.8 Å². The lowest BCUT2D eigenvalue weighted by atomic mass is 10.1. The van der Waals surface area contributed by atoms with Crippen LogP contribution in [0.4, 0.5) is 0 Å². The number of hydrogen-bond donors (Lipinski definition) is 1. The number of hydrogen-bond acceptors (Lipinski definition) is 3. The van der Waals surface area contributed by atoms with Gasteiger partial charge in [0.2, 0.25) is 0 Å². The van der Waals surface area contributed by atoms with Crippen LogP contribution in [0.5, 0.6) is 0 Å². The van der Waals surface area contributed by atoms with Crippen molar-refractivity contribution in [3.63, 3.8) is 0 Å². The summed E-state index contributed by atoms with van der Waals surface area (Å²) in [4.78, 5) is 1.31. The van der Waals surface area contributed by atoms with Gasteiger partial charge in [0.05, 0.1) is 6.20 Å². The molecule has 108 valence electrons. The molecule has 1 unspecified atom stereocenters. The second kappa shape index (κ2) is 7.50. The minimum atomic E-state index is 0.418. The van der Waals surface area contributed by atoms with Crippen molar-refractivity contribution in [2.24, 2.45) is 0 Å². The van der Waals surface area contributed by atoms with E-state index in [1.807, 2.05) is 22.6 Å². The van der Waals surface area contributed by atoms with Gasteiger partial charge in [-0.15, -0.1) is 11.8 Å². The molecule has 1 aromatic carbocycles. The van der Waals surface area contributed by atoms with Crippen LogP contribution in [-0.4, -0.2) is 16.3 Å². The van der Waals surface area contributed by atoms with Crippen LogP contribution in [0.3, 0.4) is 0 Å². The van der Waals surface area contributed by atoms with Gasteiger partial charge in [0.1, 0.15) is 0 Å². The van der Waals surface area contributed by atoms with Crippen molar-refractivity contribution >= 4 is 11.8 Å². The van der Waals surface area contributed by atoms with Gasteiger partial charge in [0.15, 0.2) is 0 Å². The molecule has 0 fully saturated rings. The molecule has 0 amide bonds. The van der Waals surface area contributed by atoms with Crippen molar-refractivity contribution < 1.29 is 0 Å². The molecule has 1 N–H and O–H groups in total. The summed E-state index contributed by atoms with van der Waals surface area (Å²) in [6.45, 7) is 8.37. The second-order valence-electron chi connectivity index (χ2n) is 4.84. The molecule has 2 aromatic rings. The molecule has 2 rings (SSSR count). The van der Waals surface area contributed by atoms with E-state index in [0.717, 1.165) is 18.8 Å². The van der Waals surface area contributed by atoms with E-state index in [1.165, 1.54) is 16.0 Å². The fraction of sp³-hybridized carbons (Fsp3) is 0.438. The third kappa shape index (κ3) is 4.12. The zero-order valence-corrected chi connectivity index (χ0v) is 13.3. The molecule has 0 aliphatic carbocycles. The van der Waals surface area contributed by atoms with Crippen LogP contribution in [0.25, 0.3) is 0 Å². The maximum absolute atomic E-state index is 4.30. The molecule has 0 saturated heterocycles. The fourth-order valence-electron chi connectivity index (χ4n) is 2.10. The Hall–Kier alpha value is -1.26. The molecule has 4 heteroatoms. The molecule has 0 bridgehead atoms. The minimum absolute atomic E-state index is 0.418. The highest BCUT2D eigenvalue weighted by Crippen LogP contribution is 2.24. The normalized spacial score (nSPS) is 12.6. The molecule has 3 nitrogen and oxygen atoms in total. The summed E-state index contributed by atoms with van der Waals surface area (Å²) in [5, 5.41) is 7.73. The Labute approximate surface area is 125 Å². The van der Waals surface area contributed by atoms with Crippen LogP contribution in [0.2, 0.25) is 0 Å². The molecule has 0 spiro atoms. The van der Waals surface area contributed by atoms with E-state index < -0.39 is 0 Å². The maximum atomic E-state index is 4.30. The zero-order chi connectivity index (χ0) is 14.4. The Bertz CT molecular complexity index is 519. The molecule has 1 heterocycles. The predicted molar refractivity (Wildman–Crippen MR) is 86.0 cm³/mol. The Kier molecular flexibility index (Phi) is 5.68. The number of rotatable bonds is 7. The summed E-state index contributed by atoms with van der Waals surface area (Å²) in [7, 11) is 0. The lowest BCUT2D eigenvalue weighted by Gasteiger charge is -2.12. The van der Waals surface area contributed by atoms with E-state index in [1.54, 1.807) is 0 Å². The second-order valence-corrected chi connectivity index (χ2v) is 5.89. The highest BCUT2D eigenvalue weighted by molar-refractivity contribution is 7.98. The molecule has 1 aromatic heterocycles. The number of benzene rings is 1. The number of aryl methyl sites for hydroxylation is 1. The van der Waals surface area contributed by atoms with Crippen LogP contribution in [-0.2, 0) is 12.3 Å². The van der Waals surface area contributed by atoms with Crippen LogP contribution in [0.15, 0.2) is 41.6 Å². The van der Waals surface area contributed by atoms with Gasteiger partial charge in [0, 0.05) is 35.0 Å². The fourth-order valence-corrected chi connectivity index (χ4v) is 2.91. The van der Waals surface area contributed by atoms with Gasteiger partial charge >= 0.3 is 0 Å². The Balaban J connectivity index is 1.90. The minimum Gasteiger partial charge on any atom is -0.310 e. The van der Waals surface area contributed by atoms with E-state index >= 15 is 0 Å². The highest BCUT2D eigenvalue weighted by atomic mass is 32.2. The van der Waals surface area contributed by atoms with Gasteiger partial charge in [-0.25, -0.2) is 0 Å².